The average Bonchev–Trinajstić information content (AvgIpc) is 2.67. The van der Waals surface area contributed by atoms with Crippen LogP contribution in [-0.2, 0) is 0 Å². The van der Waals surface area contributed by atoms with Gasteiger partial charge in [0.2, 0.25) is 0 Å². The Balaban J connectivity index is 1.87. The van der Waals surface area contributed by atoms with E-state index in [9.17, 15) is 23.1 Å². The van der Waals surface area contributed by atoms with Gasteiger partial charge in [0.15, 0.2) is 17.5 Å². The Kier molecular flexibility index (Phi) is 5.88. The van der Waals surface area contributed by atoms with Crippen LogP contribution in [0.25, 0.3) is 11.1 Å². The zero-order valence-corrected chi connectivity index (χ0v) is 15.3. The van der Waals surface area contributed by atoms with Crippen LogP contribution in [-0.4, -0.2) is 11.1 Å². The summed E-state index contributed by atoms with van der Waals surface area (Å²) in [7, 11) is 0. The fraction of sp³-hybridized carbons (Fsp3) is 0.409. The summed E-state index contributed by atoms with van der Waals surface area (Å²) in [6, 6.07) is 7.39. The minimum Gasteiger partial charge on any atom is -0.478 e. The molecule has 144 valence electrons. The molecule has 1 fully saturated rings. The van der Waals surface area contributed by atoms with E-state index in [0.717, 1.165) is 24.3 Å². The van der Waals surface area contributed by atoms with Crippen molar-refractivity contribution in [1.82, 2.24) is 0 Å². The molecule has 1 aliphatic carbocycles. The zero-order chi connectivity index (χ0) is 19.6. The van der Waals surface area contributed by atoms with Crippen molar-refractivity contribution >= 4 is 5.97 Å². The maximum absolute atomic E-state index is 14.3. The van der Waals surface area contributed by atoms with Gasteiger partial charge in [0, 0.05) is 5.56 Å². The fourth-order valence-corrected chi connectivity index (χ4v) is 4.16. The Bertz CT molecular complexity index is 822. The molecular formula is C22H23F3O2. The van der Waals surface area contributed by atoms with Crippen LogP contribution in [0.2, 0.25) is 0 Å². The number of benzene rings is 2. The maximum atomic E-state index is 14.3. The summed E-state index contributed by atoms with van der Waals surface area (Å²) in [5.74, 6) is -4.91. The third-order valence-electron chi connectivity index (χ3n) is 5.61. The van der Waals surface area contributed by atoms with E-state index in [-0.39, 0.29) is 5.56 Å². The van der Waals surface area contributed by atoms with Crippen molar-refractivity contribution in [2.24, 2.45) is 5.92 Å². The SMILES string of the molecule is CCCC1CCC(c2ccc(-c3c(C(=O)O)cc(F)c(F)c3F)cc2)CC1. The molecule has 1 aliphatic rings. The first kappa shape index (κ1) is 19.5. The van der Waals surface area contributed by atoms with Crippen molar-refractivity contribution < 1.29 is 23.1 Å². The molecule has 5 heteroatoms. The van der Waals surface area contributed by atoms with Gasteiger partial charge in [-0.1, -0.05) is 44.0 Å². The lowest BCUT2D eigenvalue weighted by Crippen LogP contribution is -2.13. The van der Waals surface area contributed by atoms with Crippen molar-refractivity contribution in [2.75, 3.05) is 0 Å². The second kappa shape index (κ2) is 8.15. The normalized spacial score (nSPS) is 19.9. The molecule has 27 heavy (non-hydrogen) atoms. The molecule has 1 N–H and O–H groups in total. The largest absolute Gasteiger partial charge is 0.478 e. The lowest BCUT2D eigenvalue weighted by molar-refractivity contribution is 0.0696. The Labute approximate surface area is 157 Å². The molecule has 0 unspecified atom stereocenters. The van der Waals surface area contributed by atoms with Gasteiger partial charge in [0.1, 0.15) is 0 Å². The predicted molar refractivity (Wildman–Crippen MR) is 98.3 cm³/mol. The van der Waals surface area contributed by atoms with Gasteiger partial charge in [-0.05, 0) is 54.7 Å². The van der Waals surface area contributed by atoms with Crippen LogP contribution in [0.3, 0.4) is 0 Å². The van der Waals surface area contributed by atoms with Gasteiger partial charge in [-0.3, -0.25) is 0 Å². The predicted octanol–water partition coefficient (Wildman–Crippen LogP) is 6.54. The summed E-state index contributed by atoms with van der Waals surface area (Å²) in [5.41, 5.74) is 0.347. The van der Waals surface area contributed by atoms with Gasteiger partial charge in [0.05, 0.1) is 5.56 Å². The number of carbonyl (C=O) groups is 1. The van der Waals surface area contributed by atoms with E-state index in [1.54, 1.807) is 12.1 Å². The third-order valence-corrected chi connectivity index (χ3v) is 5.61. The summed E-state index contributed by atoms with van der Waals surface area (Å²) in [5, 5.41) is 9.24. The summed E-state index contributed by atoms with van der Waals surface area (Å²) in [6.45, 7) is 2.20. The van der Waals surface area contributed by atoms with E-state index in [2.05, 4.69) is 6.92 Å². The molecule has 0 radical (unpaired) electrons. The van der Waals surface area contributed by atoms with E-state index >= 15 is 0 Å². The quantitative estimate of drug-likeness (QED) is 0.601. The Hall–Kier alpha value is -2.30. The number of carboxylic acid groups (broad SMARTS) is 1. The standard InChI is InChI=1S/C22H23F3O2/c1-2-3-13-4-6-14(7-5-13)15-8-10-16(11-9-15)19-17(22(26)27)12-18(23)20(24)21(19)25/h8-14H,2-7H2,1H3,(H,26,27). The Morgan fingerprint density at radius 2 is 1.67 bits per heavy atom. The van der Waals surface area contributed by atoms with Crippen LogP contribution in [0.5, 0.6) is 0 Å². The van der Waals surface area contributed by atoms with Crippen molar-refractivity contribution in [3.63, 3.8) is 0 Å². The molecule has 0 bridgehead atoms. The zero-order valence-electron chi connectivity index (χ0n) is 15.3. The van der Waals surface area contributed by atoms with Gasteiger partial charge >= 0.3 is 5.97 Å². The third kappa shape index (κ3) is 4.02. The highest BCUT2D eigenvalue weighted by Gasteiger charge is 2.25. The molecule has 0 atom stereocenters. The van der Waals surface area contributed by atoms with E-state index < -0.39 is 34.5 Å². The van der Waals surface area contributed by atoms with Crippen molar-refractivity contribution in [2.45, 2.75) is 51.4 Å². The molecule has 2 aromatic carbocycles. The molecule has 0 aromatic heterocycles. The van der Waals surface area contributed by atoms with E-state index in [4.69, 9.17) is 0 Å². The number of aromatic carboxylic acids is 1. The highest BCUT2D eigenvalue weighted by molar-refractivity contribution is 5.96. The number of rotatable bonds is 5. The van der Waals surface area contributed by atoms with Crippen LogP contribution < -0.4 is 0 Å². The van der Waals surface area contributed by atoms with Crippen molar-refractivity contribution in [3.8, 4) is 11.1 Å². The second-order valence-electron chi connectivity index (χ2n) is 7.34. The van der Waals surface area contributed by atoms with E-state index in [0.29, 0.717) is 12.0 Å². The van der Waals surface area contributed by atoms with Crippen LogP contribution >= 0.6 is 0 Å². The topological polar surface area (TPSA) is 37.3 Å². The smallest absolute Gasteiger partial charge is 0.336 e. The van der Waals surface area contributed by atoms with Gasteiger partial charge < -0.3 is 5.11 Å². The summed E-state index contributed by atoms with van der Waals surface area (Å²) < 4.78 is 41.3. The lowest BCUT2D eigenvalue weighted by Gasteiger charge is -2.28. The van der Waals surface area contributed by atoms with E-state index in [1.807, 2.05) is 12.1 Å². The molecule has 0 aliphatic heterocycles. The highest BCUT2D eigenvalue weighted by atomic mass is 19.2. The number of hydrogen-bond donors (Lipinski definition) is 1. The van der Waals surface area contributed by atoms with Gasteiger partial charge in [-0.15, -0.1) is 0 Å². The monoisotopic (exact) mass is 376 g/mol. The molecule has 2 nitrogen and oxygen atoms in total. The summed E-state index contributed by atoms with van der Waals surface area (Å²) in [4.78, 5) is 11.4. The fourth-order valence-electron chi connectivity index (χ4n) is 4.16. The van der Waals surface area contributed by atoms with Crippen LogP contribution in [0.15, 0.2) is 30.3 Å². The first-order chi connectivity index (χ1) is 12.9. The summed E-state index contributed by atoms with van der Waals surface area (Å²) in [6.07, 6.45) is 7.06. The first-order valence-corrected chi connectivity index (χ1v) is 9.43. The molecular weight excluding hydrogens is 353 g/mol. The number of hydrogen-bond acceptors (Lipinski definition) is 1. The highest BCUT2D eigenvalue weighted by Crippen LogP contribution is 2.38. The van der Waals surface area contributed by atoms with Crippen LogP contribution in [0.1, 0.15) is 67.3 Å². The Morgan fingerprint density at radius 1 is 1.04 bits per heavy atom. The van der Waals surface area contributed by atoms with Crippen LogP contribution in [0.4, 0.5) is 13.2 Å². The minimum absolute atomic E-state index is 0.229. The van der Waals surface area contributed by atoms with Crippen molar-refractivity contribution in [3.05, 3.63) is 58.9 Å². The van der Waals surface area contributed by atoms with Gasteiger partial charge in [0.25, 0.3) is 0 Å². The molecule has 0 amide bonds. The summed E-state index contributed by atoms with van der Waals surface area (Å²) >= 11 is 0. The molecule has 0 heterocycles. The minimum atomic E-state index is -1.66. The molecule has 0 saturated heterocycles. The second-order valence-corrected chi connectivity index (χ2v) is 7.34. The van der Waals surface area contributed by atoms with Gasteiger partial charge in [-0.25, -0.2) is 18.0 Å². The Morgan fingerprint density at radius 3 is 2.22 bits per heavy atom. The average molecular weight is 376 g/mol. The molecule has 3 rings (SSSR count). The molecule has 1 saturated carbocycles. The molecule has 2 aromatic rings. The van der Waals surface area contributed by atoms with Crippen LogP contribution in [0, 0.1) is 23.4 Å². The number of carboxylic acids is 1. The van der Waals surface area contributed by atoms with Crippen molar-refractivity contribution in [1.29, 1.82) is 0 Å². The lowest BCUT2D eigenvalue weighted by atomic mass is 9.77. The maximum Gasteiger partial charge on any atom is 0.336 e. The first-order valence-electron chi connectivity index (χ1n) is 9.43. The molecule has 0 spiro atoms. The van der Waals surface area contributed by atoms with E-state index in [1.165, 1.54) is 25.7 Å². The van der Waals surface area contributed by atoms with Gasteiger partial charge in [-0.2, -0.15) is 0 Å². The number of halogens is 3.